The van der Waals surface area contributed by atoms with Crippen molar-refractivity contribution in [3.8, 4) is 0 Å². The number of hydrogen-bond donors (Lipinski definition) is 1. The summed E-state index contributed by atoms with van der Waals surface area (Å²) in [7, 11) is 0. The van der Waals surface area contributed by atoms with Crippen molar-refractivity contribution in [3.63, 3.8) is 0 Å². The second-order valence-corrected chi connectivity index (χ2v) is 4.45. The Kier molecular flexibility index (Phi) is 5.12. The Bertz CT molecular complexity index is 110. The lowest BCUT2D eigenvalue weighted by Gasteiger charge is -2.33. The van der Waals surface area contributed by atoms with Crippen LogP contribution in [0.1, 0.15) is 51.4 Å². The maximum absolute atomic E-state index is 3.69. The molecule has 0 bridgehead atoms. The molecule has 0 aromatic heterocycles. The molecule has 1 N–H and O–H groups in total. The van der Waals surface area contributed by atoms with Gasteiger partial charge in [0, 0.05) is 6.04 Å². The Morgan fingerprint density at radius 1 is 0.769 bits per heavy atom. The number of piperidine rings is 1. The Morgan fingerprint density at radius 2 is 1.46 bits per heavy atom. The molecule has 78 valence electrons. The van der Waals surface area contributed by atoms with E-state index >= 15 is 0 Å². The molecule has 2 aliphatic rings. The van der Waals surface area contributed by atoms with Gasteiger partial charge in [-0.25, -0.2) is 0 Å². The molecule has 1 unspecified atom stereocenters. The molecule has 0 spiro atoms. The molecule has 2 fully saturated rings. The van der Waals surface area contributed by atoms with Crippen molar-refractivity contribution in [2.45, 2.75) is 57.4 Å². The topological polar surface area (TPSA) is 12.0 Å². The lowest BCUT2D eigenvalue weighted by Crippen LogP contribution is -2.40. The van der Waals surface area contributed by atoms with Gasteiger partial charge >= 0.3 is 0 Å². The molecule has 1 heterocycles. The second-order valence-electron chi connectivity index (χ2n) is 4.45. The third kappa shape index (κ3) is 3.14. The van der Waals surface area contributed by atoms with E-state index in [9.17, 15) is 0 Å². The molecule has 1 aliphatic carbocycles. The van der Waals surface area contributed by atoms with Crippen molar-refractivity contribution in [3.05, 3.63) is 0 Å². The Hall–Kier alpha value is 0.250. The third-order valence-corrected chi connectivity index (χ3v) is 3.57. The van der Waals surface area contributed by atoms with Gasteiger partial charge in [0.05, 0.1) is 0 Å². The average molecular weight is 204 g/mol. The molecule has 2 rings (SSSR count). The summed E-state index contributed by atoms with van der Waals surface area (Å²) in [6.07, 6.45) is 11.8. The van der Waals surface area contributed by atoms with Gasteiger partial charge in [0.15, 0.2) is 0 Å². The molecular weight excluding hydrogens is 182 g/mol. The zero-order chi connectivity index (χ0) is 8.23. The van der Waals surface area contributed by atoms with Crippen LogP contribution >= 0.6 is 12.4 Å². The van der Waals surface area contributed by atoms with Gasteiger partial charge in [-0.05, 0) is 38.1 Å². The molecule has 1 saturated carbocycles. The summed E-state index contributed by atoms with van der Waals surface area (Å²) in [5, 5.41) is 3.69. The summed E-state index contributed by atoms with van der Waals surface area (Å²) in [5.74, 6) is 1.03. The summed E-state index contributed by atoms with van der Waals surface area (Å²) in [4.78, 5) is 0. The highest BCUT2D eigenvalue weighted by Gasteiger charge is 2.24. The third-order valence-electron chi connectivity index (χ3n) is 3.57. The maximum atomic E-state index is 3.69. The van der Waals surface area contributed by atoms with Crippen molar-refractivity contribution >= 4 is 12.4 Å². The van der Waals surface area contributed by atoms with Crippen molar-refractivity contribution in [1.82, 2.24) is 5.32 Å². The fourth-order valence-electron chi connectivity index (χ4n) is 2.82. The second kappa shape index (κ2) is 5.87. The van der Waals surface area contributed by atoms with Gasteiger partial charge in [-0.15, -0.1) is 12.4 Å². The van der Waals surface area contributed by atoms with Gasteiger partial charge < -0.3 is 5.32 Å². The standard InChI is InChI=1S/C11H21N.ClH/c1-2-6-10(7-3-1)11-8-4-5-9-12-11;/h10-12H,1-9H2;1H. The molecule has 0 radical (unpaired) electrons. The van der Waals surface area contributed by atoms with Crippen LogP contribution in [0.5, 0.6) is 0 Å². The van der Waals surface area contributed by atoms with E-state index in [0.717, 1.165) is 12.0 Å². The average Bonchev–Trinajstić information content (AvgIpc) is 2.21. The van der Waals surface area contributed by atoms with Crippen molar-refractivity contribution < 1.29 is 0 Å². The number of halogens is 1. The minimum absolute atomic E-state index is 0. The summed E-state index contributed by atoms with van der Waals surface area (Å²) in [5.41, 5.74) is 0. The van der Waals surface area contributed by atoms with E-state index in [1.807, 2.05) is 0 Å². The predicted octanol–water partition coefficient (Wildman–Crippen LogP) is 3.13. The van der Waals surface area contributed by atoms with E-state index in [2.05, 4.69) is 5.32 Å². The zero-order valence-electron chi connectivity index (χ0n) is 8.43. The minimum Gasteiger partial charge on any atom is -0.314 e. The first-order chi connectivity index (χ1) is 5.97. The largest absolute Gasteiger partial charge is 0.314 e. The van der Waals surface area contributed by atoms with Crippen molar-refractivity contribution in [2.75, 3.05) is 6.54 Å². The molecule has 1 aliphatic heterocycles. The van der Waals surface area contributed by atoms with Crippen LogP contribution in [0.4, 0.5) is 0 Å². The SMILES string of the molecule is C1CCC(C2CCCCN2)CC1.Cl. The van der Waals surface area contributed by atoms with Crippen LogP contribution in [0.25, 0.3) is 0 Å². The van der Waals surface area contributed by atoms with E-state index < -0.39 is 0 Å². The van der Waals surface area contributed by atoms with E-state index in [4.69, 9.17) is 0 Å². The summed E-state index contributed by atoms with van der Waals surface area (Å²) >= 11 is 0. The van der Waals surface area contributed by atoms with Crippen LogP contribution in [0.15, 0.2) is 0 Å². The Balaban J connectivity index is 0.000000845. The van der Waals surface area contributed by atoms with E-state index in [1.165, 1.54) is 57.9 Å². The first kappa shape index (κ1) is 11.3. The van der Waals surface area contributed by atoms with Gasteiger partial charge in [-0.2, -0.15) is 0 Å². The van der Waals surface area contributed by atoms with Gasteiger partial charge in [0.1, 0.15) is 0 Å². The normalized spacial score (nSPS) is 30.9. The fourth-order valence-corrected chi connectivity index (χ4v) is 2.82. The van der Waals surface area contributed by atoms with Crippen LogP contribution < -0.4 is 5.32 Å². The molecule has 1 nitrogen and oxygen atoms in total. The number of rotatable bonds is 1. The first-order valence-corrected chi connectivity index (χ1v) is 5.70. The molecule has 2 heteroatoms. The van der Waals surface area contributed by atoms with Crippen molar-refractivity contribution in [1.29, 1.82) is 0 Å². The number of nitrogens with one attached hydrogen (secondary N) is 1. The Morgan fingerprint density at radius 3 is 2.08 bits per heavy atom. The molecule has 1 atom stereocenters. The summed E-state index contributed by atoms with van der Waals surface area (Å²) in [6, 6.07) is 0.888. The van der Waals surface area contributed by atoms with E-state index in [0.29, 0.717) is 0 Å². The van der Waals surface area contributed by atoms with Gasteiger partial charge in [0.25, 0.3) is 0 Å². The monoisotopic (exact) mass is 203 g/mol. The van der Waals surface area contributed by atoms with Crippen LogP contribution in [0, 0.1) is 5.92 Å². The van der Waals surface area contributed by atoms with Crippen LogP contribution in [0.2, 0.25) is 0 Å². The maximum Gasteiger partial charge on any atom is 0.00953 e. The fraction of sp³-hybridized carbons (Fsp3) is 1.00. The molecule has 0 amide bonds. The van der Waals surface area contributed by atoms with Crippen LogP contribution in [-0.2, 0) is 0 Å². The van der Waals surface area contributed by atoms with Crippen molar-refractivity contribution in [2.24, 2.45) is 5.92 Å². The van der Waals surface area contributed by atoms with Crippen LogP contribution in [0.3, 0.4) is 0 Å². The zero-order valence-corrected chi connectivity index (χ0v) is 9.24. The highest BCUT2D eigenvalue weighted by molar-refractivity contribution is 5.85. The quantitative estimate of drug-likeness (QED) is 0.691. The van der Waals surface area contributed by atoms with Gasteiger partial charge in [0.2, 0.25) is 0 Å². The summed E-state index contributed by atoms with van der Waals surface area (Å²) < 4.78 is 0. The summed E-state index contributed by atoms with van der Waals surface area (Å²) in [6.45, 7) is 1.28. The first-order valence-electron chi connectivity index (χ1n) is 5.70. The molecule has 1 saturated heterocycles. The molecule has 13 heavy (non-hydrogen) atoms. The van der Waals surface area contributed by atoms with Gasteiger partial charge in [-0.1, -0.05) is 25.7 Å². The highest BCUT2D eigenvalue weighted by atomic mass is 35.5. The van der Waals surface area contributed by atoms with E-state index in [1.54, 1.807) is 0 Å². The van der Waals surface area contributed by atoms with Crippen LogP contribution in [-0.4, -0.2) is 12.6 Å². The molecule has 0 aromatic rings. The Labute approximate surface area is 88.1 Å². The lowest BCUT2D eigenvalue weighted by atomic mass is 9.81. The lowest BCUT2D eigenvalue weighted by molar-refractivity contribution is 0.235. The van der Waals surface area contributed by atoms with Gasteiger partial charge in [-0.3, -0.25) is 0 Å². The predicted molar refractivity (Wildman–Crippen MR) is 59.5 cm³/mol. The molecular formula is C11H22ClN. The number of hydrogen-bond acceptors (Lipinski definition) is 1. The van der Waals surface area contributed by atoms with E-state index in [-0.39, 0.29) is 12.4 Å². The molecule has 0 aromatic carbocycles. The minimum atomic E-state index is 0. The smallest absolute Gasteiger partial charge is 0.00953 e. The highest BCUT2D eigenvalue weighted by Crippen LogP contribution is 2.29.